The van der Waals surface area contributed by atoms with Crippen molar-refractivity contribution in [2.45, 2.75) is 37.2 Å². The third kappa shape index (κ3) is 3.80. The Labute approximate surface area is 130 Å². The van der Waals surface area contributed by atoms with E-state index in [2.05, 4.69) is 42.8 Å². The molecule has 1 fully saturated rings. The number of benzene rings is 2. The Kier molecular flexibility index (Phi) is 4.51. The van der Waals surface area contributed by atoms with Crippen molar-refractivity contribution in [3.63, 3.8) is 0 Å². The minimum Gasteiger partial charge on any atom is -0.456 e. The molecule has 2 aromatic rings. The summed E-state index contributed by atoms with van der Waals surface area (Å²) in [5.74, 6) is 1.89. The Morgan fingerprint density at radius 2 is 1.95 bits per heavy atom. The van der Waals surface area contributed by atoms with Gasteiger partial charge in [-0.2, -0.15) is 0 Å². The van der Waals surface area contributed by atoms with Crippen LogP contribution in [0.3, 0.4) is 0 Å². The van der Waals surface area contributed by atoms with Crippen LogP contribution in [0.1, 0.15) is 24.0 Å². The molecular weight excluding hydrogens is 278 g/mol. The van der Waals surface area contributed by atoms with Crippen molar-refractivity contribution in [1.82, 2.24) is 5.32 Å². The van der Waals surface area contributed by atoms with Crippen LogP contribution in [0.15, 0.2) is 47.4 Å². The largest absolute Gasteiger partial charge is 0.456 e. The van der Waals surface area contributed by atoms with E-state index in [1.165, 1.54) is 28.9 Å². The van der Waals surface area contributed by atoms with E-state index in [-0.39, 0.29) is 0 Å². The third-order valence-electron chi connectivity index (χ3n) is 3.66. The van der Waals surface area contributed by atoms with E-state index in [0.29, 0.717) is 6.04 Å². The van der Waals surface area contributed by atoms with Crippen LogP contribution in [0, 0.1) is 6.92 Å². The first-order chi connectivity index (χ1) is 10.3. The van der Waals surface area contributed by atoms with E-state index < -0.39 is 0 Å². The lowest BCUT2D eigenvalue weighted by molar-refractivity contribution is 0.461. The van der Waals surface area contributed by atoms with Gasteiger partial charge >= 0.3 is 0 Å². The normalized spacial score (nSPS) is 14.2. The molecule has 0 spiro atoms. The Morgan fingerprint density at radius 1 is 1.14 bits per heavy atom. The topological polar surface area (TPSA) is 21.3 Å². The van der Waals surface area contributed by atoms with Gasteiger partial charge in [0, 0.05) is 23.0 Å². The molecule has 2 aromatic carbocycles. The van der Waals surface area contributed by atoms with Gasteiger partial charge in [-0.05, 0) is 44.2 Å². The van der Waals surface area contributed by atoms with Gasteiger partial charge in [-0.25, -0.2) is 0 Å². The van der Waals surface area contributed by atoms with Crippen LogP contribution in [0.2, 0.25) is 0 Å². The lowest BCUT2D eigenvalue weighted by Gasteiger charge is -2.14. The van der Waals surface area contributed by atoms with Gasteiger partial charge in [-0.15, -0.1) is 11.8 Å². The van der Waals surface area contributed by atoms with Gasteiger partial charge in [-0.3, -0.25) is 0 Å². The highest BCUT2D eigenvalue weighted by Crippen LogP contribution is 2.33. The summed E-state index contributed by atoms with van der Waals surface area (Å²) in [4.78, 5) is 1.17. The fourth-order valence-electron chi connectivity index (χ4n) is 2.31. The summed E-state index contributed by atoms with van der Waals surface area (Å²) in [6, 6.07) is 15.3. The van der Waals surface area contributed by atoms with Crippen molar-refractivity contribution in [3.05, 3.63) is 53.6 Å². The van der Waals surface area contributed by atoms with Crippen molar-refractivity contribution in [1.29, 1.82) is 0 Å². The van der Waals surface area contributed by atoms with E-state index in [9.17, 15) is 0 Å². The molecule has 0 aromatic heterocycles. The fourth-order valence-corrected chi connectivity index (χ4v) is 2.83. The Hall–Kier alpha value is -1.45. The van der Waals surface area contributed by atoms with Gasteiger partial charge in [0.2, 0.25) is 0 Å². The quantitative estimate of drug-likeness (QED) is 0.777. The van der Waals surface area contributed by atoms with Gasteiger partial charge in [0.1, 0.15) is 11.5 Å². The lowest BCUT2D eigenvalue weighted by Crippen LogP contribution is -2.15. The summed E-state index contributed by atoms with van der Waals surface area (Å²) in [6.07, 6.45) is 4.68. The highest BCUT2D eigenvalue weighted by molar-refractivity contribution is 7.98. The number of para-hydroxylation sites is 1. The molecule has 2 nitrogen and oxygen atoms in total. The number of thioether (sulfide) groups is 1. The number of nitrogens with one attached hydrogen (secondary N) is 1. The summed E-state index contributed by atoms with van der Waals surface area (Å²) >= 11 is 1.71. The van der Waals surface area contributed by atoms with Gasteiger partial charge in [0.15, 0.2) is 0 Å². The van der Waals surface area contributed by atoms with Crippen LogP contribution in [-0.4, -0.2) is 12.3 Å². The molecule has 0 amide bonds. The van der Waals surface area contributed by atoms with Crippen molar-refractivity contribution < 1.29 is 4.74 Å². The molecule has 1 aliphatic rings. The molecule has 0 unspecified atom stereocenters. The maximum atomic E-state index is 6.18. The number of ether oxygens (including phenoxy) is 1. The number of rotatable bonds is 6. The van der Waals surface area contributed by atoms with Crippen LogP contribution in [0.25, 0.3) is 0 Å². The highest BCUT2D eigenvalue weighted by atomic mass is 32.2. The zero-order valence-electron chi connectivity index (χ0n) is 12.6. The molecule has 0 saturated heterocycles. The van der Waals surface area contributed by atoms with E-state index in [1.54, 1.807) is 11.8 Å². The standard InChI is InChI=1S/C18H21NOS/c1-13-7-10-16(14(11-13)12-19-15-8-9-15)20-17-5-3-4-6-18(17)21-2/h3-7,10-11,15,19H,8-9,12H2,1-2H3. The first-order valence-corrected chi connectivity index (χ1v) is 8.62. The molecule has 3 heteroatoms. The van der Waals surface area contributed by atoms with Gasteiger partial charge in [0.25, 0.3) is 0 Å². The molecule has 21 heavy (non-hydrogen) atoms. The van der Waals surface area contributed by atoms with Crippen molar-refractivity contribution in [3.8, 4) is 11.5 Å². The van der Waals surface area contributed by atoms with E-state index in [0.717, 1.165) is 18.0 Å². The van der Waals surface area contributed by atoms with Gasteiger partial charge in [0.05, 0.1) is 0 Å². The van der Waals surface area contributed by atoms with Crippen molar-refractivity contribution >= 4 is 11.8 Å². The first-order valence-electron chi connectivity index (χ1n) is 7.40. The molecule has 1 saturated carbocycles. The second kappa shape index (κ2) is 6.54. The zero-order chi connectivity index (χ0) is 14.7. The molecule has 0 aliphatic heterocycles. The Bertz CT molecular complexity index is 622. The zero-order valence-corrected chi connectivity index (χ0v) is 13.4. The van der Waals surface area contributed by atoms with Gasteiger partial charge < -0.3 is 10.1 Å². The number of hydrogen-bond donors (Lipinski definition) is 1. The minimum atomic E-state index is 0.705. The molecule has 1 N–H and O–H groups in total. The molecule has 1 aliphatic carbocycles. The smallest absolute Gasteiger partial charge is 0.140 e. The van der Waals surface area contributed by atoms with Crippen LogP contribution in [0.5, 0.6) is 11.5 Å². The maximum Gasteiger partial charge on any atom is 0.140 e. The van der Waals surface area contributed by atoms with E-state index in [1.807, 2.05) is 18.2 Å². The molecule has 110 valence electrons. The summed E-state index contributed by atoms with van der Waals surface area (Å²) in [5, 5.41) is 3.57. The third-order valence-corrected chi connectivity index (χ3v) is 4.44. The molecular formula is C18H21NOS. The van der Waals surface area contributed by atoms with Crippen molar-refractivity contribution in [2.24, 2.45) is 0 Å². The molecule has 0 radical (unpaired) electrons. The average Bonchev–Trinajstić information content (AvgIpc) is 3.32. The monoisotopic (exact) mass is 299 g/mol. The van der Waals surface area contributed by atoms with Crippen LogP contribution < -0.4 is 10.1 Å². The van der Waals surface area contributed by atoms with Crippen LogP contribution in [-0.2, 0) is 6.54 Å². The van der Waals surface area contributed by atoms with E-state index in [4.69, 9.17) is 4.74 Å². The second-order valence-corrected chi connectivity index (χ2v) is 6.37. The van der Waals surface area contributed by atoms with Crippen LogP contribution >= 0.6 is 11.8 Å². The summed E-state index contributed by atoms with van der Waals surface area (Å²) < 4.78 is 6.18. The molecule has 0 bridgehead atoms. The summed E-state index contributed by atoms with van der Waals surface area (Å²) in [5.41, 5.74) is 2.51. The first kappa shape index (κ1) is 14.5. The highest BCUT2D eigenvalue weighted by Gasteiger charge is 2.20. The number of hydrogen-bond acceptors (Lipinski definition) is 3. The summed E-state index contributed by atoms with van der Waals surface area (Å²) in [7, 11) is 0. The predicted octanol–water partition coefficient (Wildman–Crippen LogP) is 4.76. The minimum absolute atomic E-state index is 0.705. The second-order valence-electron chi connectivity index (χ2n) is 5.52. The molecule has 0 heterocycles. The Morgan fingerprint density at radius 3 is 2.71 bits per heavy atom. The Balaban J connectivity index is 1.82. The predicted molar refractivity (Wildman–Crippen MR) is 89.3 cm³/mol. The molecule has 0 atom stereocenters. The SMILES string of the molecule is CSc1ccccc1Oc1ccc(C)cc1CNC1CC1. The lowest BCUT2D eigenvalue weighted by atomic mass is 10.1. The van der Waals surface area contributed by atoms with Gasteiger partial charge in [-0.1, -0.05) is 29.8 Å². The van der Waals surface area contributed by atoms with E-state index >= 15 is 0 Å². The summed E-state index contributed by atoms with van der Waals surface area (Å²) in [6.45, 7) is 3.00. The maximum absolute atomic E-state index is 6.18. The van der Waals surface area contributed by atoms with Crippen LogP contribution in [0.4, 0.5) is 0 Å². The molecule has 3 rings (SSSR count). The number of aryl methyl sites for hydroxylation is 1. The average molecular weight is 299 g/mol. The fraction of sp³-hybridized carbons (Fsp3) is 0.333. The van der Waals surface area contributed by atoms with Crippen molar-refractivity contribution in [2.75, 3.05) is 6.26 Å².